The van der Waals surface area contributed by atoms with E-state index in [1.54, 1.807) is 24.1 Å². The molecule has 6 nitrogen and oxygen atoms in total. The number of para-hydroxylation sites is 1. The highest BCUT2D eigenvalue weighted by Gasteiger charge is 2.22. The van der Waals surface area contributed by atoms with Gasteiger partial charge < -0.3 is 20.1 Å². The molecule has 0 spiro atoms. The van der Waals surface area contributed by atoms with E-state index >= 15 is 0 Å². The molecular weight excluding hydrogens is 400 g/mol. The highest BCUT2D eigenvalue weighted by Crippen LogP contribution is 2.28. The third kappa shape index (κ3) is 4.83. The number of aryl methyl sites for hydroxylation is 1. The fraction of sp³-hybridized carbons (Fsp3) is 0.263. The van der Waals surface area contributed by atoms with Crippen LogP contribution in [0.1, 0.15) is 11.1 Å². The van der Waals surface area contributed by atoms with E-state index in [1.165, 1.54) is 7.11 Å². The Labute approximate surface area is 161 Å². The largest absolute Gasteiger partial charge is 0.513 e. The molecule has 0 bridgehead atoms. The van der Waals surface area contributed by atoms with E-state index in [1.807, 2.05) is 37.3 Å². The number of methoxy groups -OCH3 is 1. The molecule has 138 valence electrons. The zero-order valence-corrected chi connectivity index (χ0v) is 16.4. The number of hydrogen-bond donors (Lipinski definition) is 1. The van der Waals surface area contributed by atoms with Crippen LogP contribution in [-0.2, 0) is 16.0 Å². The van der Waals surface area contributed by atoms with Crippen LogP contribution in [0.2, 0.25) is 0 Å². The summed E-state index contributed by atoms with van der Waals surface area (Å²) in [6, 6.07) is 12.0. The number of likely N-dealkylation sites (N-methyl/N-ethyl adjacent to an activating group) is 1. The van der Waals surface area contributed by atoms with Crippen LogP contribution < -0.4 is 15.4 Å². The molecule has 0 fully saturated rings. The van der Waals surface area contributed by atoms with Crippen molar-refractivity contribution < 1.29 is 19.1 Å². The Kier molecular flexibility index (Phi) is 6.76. The van der Waals surface area contributed by atoms with Crippen molar-refractivity contribution >= 4 is 33.7 Å². The monoisotopic (exact) mass is 420 g/mol. The molecule has 0 aromatic heterocycles. The highest BCUT2D eigenvalue weighted by atomic mass is 79.9. The van der Waals surface area contributed by atoms with Crippen LogP contribution >= 0.6 is 15.9 Å². The molecule has 1 atom stereocenters. The number of amides is 1. The molecule has 0 unspecified atom stereocenters. The van der Waals surface area contributed by atoms with Crippen molar-refractivity contribution in [2.75, 3.05) is 19.1 Å². The summed E-state index contributed by atoms with van der Waals surface area (Å²) in [7, 11) is 2.94. The number of halogens is 1. The summed E-state index contributed by atoms with van der Waals surface area (Å²) in [5.74, 6) is 0.170. The normalized spacial score (nSPS) is 11.6. The van der Waals surface area contributed by atoms with Crippen molar-refractivity contribution in [3.8, 4) is 5.75 Å². The van der Waals surface area contributed by atoms with Crippen molar-refractivity contribution in [2.24, 2.45) is 5.73 Å². The minimum atomic E-state index is -0.791. The third-order valence-electron chi connectivity index (χ3n) is 3.98. The first kappa shape index (κ1) is 19.9. The van der Waals surface area contributed by atoms with E-state index in [-0.39, 0.29) is 5.91 Å². The van der Waals surface area contributed by atoms with Gasteiger partial charge >= 0.3 is 6.16 Å². The minimum absolute atomic E-state index is 0.183. The lowest BCUT2D eigenvalue weighted by molar-refractivity contribution is -0.119. The van der Waals surface area contributed by atoms with Crippen molar-refractivity contribution in [3.05, 3.63) is 58.1 Å². The smallest absolute Gasteiger partial charge is 0.437 e. The van der Waals surface area contributed by atoms with E-state index in [4.69, 9.17) is 10.5 Å². The van der Waals surface area contributed by atoms with Gasteiger partial charge in [0, 0.05) is 17.2 Å². The molecule has 0 aliphatic heterocycles. The first-order valence-corrected chi connectivity index (χ1v) is 8.75. The lowest BCUT2D eigenvalue weighted by atomic mass is 10.0. The quantitative estimate of drug-likeness (QED) is 0.591. The van der Waals surface area contributed by atoms with E-state index in [0.29, 0.717) is 16.6 Å². The summed E-state index contributed by atoms with van der Waals surface area (Å²) >= 11 is 3.46. The predicted octanol–water partition coefficient (Wildman–Crippen LogP) is 3.44. The predicted molar refractivity (Wildman–Crippen MR) is 103 cm³/mol. The maximum atomic E-state index is 12.6. The Morgan fingerprint density at radius 3 is 2.46 bits per heavy atom. The molecule has 2 aromatic carbocycles. The zero-order chi connectivity index (χ0) is 19.3. The molecule has 0 saturated carbocycles. The van der Waals surface area contributed by atoms with Gasteiger partial charge in [0.05, 0.1) is 13.2 Å². The summed E-state index contributed by atoms with van der Waals surface area (Å²) in [6.45, 7) is 1.86. The minimum Gasteiger partial charge on any atom is -0.437 e. The van der Waals surface area contributed by atoms with Crippen molar-refractivity contribution in [3.63, 3.8) is 0 Å². The Morgan fingerprint density at radius 1 is 1.23 bits per heavy atom. The number of benzene rings is 2. The summed E-state index contributed by atoms with van der Waals surface area (Å²) in [6.07, 6.45) is -0.443. The van der Waals surface area contributed by atoms with E-state index in [2.05, 4.69) is 20.7 Å². The number of hydrogen-bond acceptors (Lipinski definition) is 5. The highest BCUT2D eigenvalue weighted by molar-refractivity contribution is 9.10. The number of carbonyl (C=O) groups is 2. The van der Waals surface area contributed by atoms with Gasteiger partial charge in [0.25, 0.3) is 0 Å². The van der Waals surface area contributed by atoms with Crippen LogP contribution in [0.15, 0.2) is 46.9 Å². The second-order valence-electron chi connectivity index (χ2n) is 5.80. The number of anilines is 1. The van der Waals surface area contributed by atoms with Crippen LogP contribution in [0.4, 0.5) is 10.5 Å². The van der Waals surface area contributed by atoms with Gasteiger partial charge in [0.2, 0.25) is 5.91 Å². The van der Waals surface area contributed by atoms with Gasteiger partial charge in [0.1, 0.15) is 5.75 Å². The fourth-order valence-electron chi connectivity index (χ4n) is 2.53. The third-order valence-corrected chi connectivity index (χ3v) is 4.68. The molecule has 0 aliphatic carbocycles. The van der Waals surface area contributed by atoms with Crippen LogP contribution in [0.5, 0.6) is 5.75 Å². The van der Waals surface area contributed by atoms with Crippen LogP contribution in [0, 0.1) is 6.92 Å². The molecule has 2 aromatic rings. The van der Waals surface area contributed by atoms with Gasteiger partial charge in [-0.15, -0.1) is 0 Å². The van der Waals surface area contributed by atoms with E-state index in [9.17, 15) is 9.59 Å². The van der Waals surface area contributed by atoms with Crippen molar-refractivity contribution in [1.82, 2.24) is 0 Å². The molecule has 0 saturated heterocycles. The van der Waals surface area contributed by atoms with Crippen LogP contribution in [0.3, 0.4) is 0 Å². The standard InChI is InChI=1S/C19H21BrN2O4/c1-12-9-14(26-19(24)25-3)10-16(20)15(12)11-17(21)18(23)22(2)13-7-5-4-6-8-13/h4-10,17H,11,21H2,1-3H3/t17-/m0/s1. The van der Waals surface area contributed by atoms with Crippen LogP contribution in [-0.4, -0.2) is 32.3 Å². The zero-order valence-electron chi connectivity index (χ0n) is 14.9. The Bertz CT molecular complexity index is 772. The number of carbonyl (C=O) groups excluding carboxylic acids is 2. The summed E-state index contributed by atoms with van der Waals surface area (Å²) in [5, 5.41) is 0. The number of ether oxygens (including phenoxy) is 2. The molecule has 0 heterocycles. The maximum absolute atomic E-state index is 12.6. The van der Waals surface area contributed by atoms with Gasteiger partial charge in [-0.25, -0.2) is 4.79 Å². The van der Waals surface area contributed by atoms with Gasteiger partial charge in [-0.3, -0.25) is 4.79 Å². The lowest BCUT2D eigenvalue weighted by Gasteiger charge is -2.22. The molecular formula is C19H21BrN2O4. The first-order valence-electron chi connectivity index (χ1n) is 7.96. The van der Waals surface area contributed by atoms with Crippen molar-refractivity contribution in [2.45, 2.75) is 19.4 Å². The number of nitrogens with zero attached hydrogens (tertiary/aromatic N) is 1. The summed E-state index contributed by atoms with van der Waals surface area (Å²) < 4.78 is 10.2. The topological polar surface area (TPSA) is 81.9 Å². The molecule has 2 rings (SSSR count). The summed E-state index contributed by atoms with van der Waals surface area (Å²) in [5.41, 5.74) is 8.66. The molecule has 7 heteroatoms. The second-order valence-corrected chi connectivity index (χ2v) is 6.65. The van der Waals surface area contributed by atoms with Gasteiger partial charge in [-0.1, -0.05) is 34.1 Å². The second kappa shape index (κ2) is 8.82. The molecule has 2 N–H and O–H groups in total. The van der Waals surface area contributed by atoms with E-state index < -0.39 is 12.2 Å². The molecule has 1 amide bonds. The lowest BCUT2D eigenvalue weighted by Crippen LogP contribution is -2.43. The number of rotatable bonds is 5. The fourth-order valence-corrected chi connectivity index (χ4v) is 3.23. The number of nitrogens with two attached hydrogens (primary N) is 1. The molecule has 0 aliphatic rings. The van der Waals surface area contributed by atoms with Gasteiger partial charge in [-0.2, -0.15) is 0 Å². The molecule has 0 radical (unpaired) electrons. The average Bonchev–Trinajstić information content (AvgIpc) is 2.63. The summed E-state index contributed by atoms with van der Waals surface area (Å²) in [4.78, 5) is 25.4. The Morgan fingerprint density at radius 2 is 1.88 bits per heavy atom. The van der Waals surface area contributed by atoms with Crippen LogP contribution in [0.25, 0.3) is 0 Å². The first-order chi connectivity index (χ1) is 12.3. The SMILES string of the molecule is COC(=O)Oc1cc(C)c(C[C@H](N)C(=O)N(C)c2ccccc2)c(Br)c1. The van der Waals surface area contributed by atoms with Gasteiger partial charge in [0.15, 0.2) is 0 Å². The Balaban J connectivity index is 2.14. The van der Waals surface area contributed by atoms with Gasteiger partial charge in [-0.05, 0) is 48.7 Å². The van der Waals surface area contributed by atoms with Crippen molar-refractivity contribution in [1.29, 1.82) is 0 Å². The maximum Gasteiger partial charge on any atom is 0.513 e. The van der Waals surface area contributed by atoms with E-state index in [0.717, 1.165) is 16.8 Å². The average molecular weight is 421 g/mol. The Hall–Kier alpha value is -2.38. The molecule has 26 heavy (non-hydrogen) atoms.